The standard InChI is InChI=1S/C10H17BrN2O2S2/c1-2-17(14,15)7-3-4-8(13-12)9-5-6-10(11)16-9/h5-6,8,13H,2-4,7,12H2,1H3. The lowest BCUT2D eigenvalue weighted by molar-refractivity contribution is 0.514. The third kappa shape index (κ3) is 5.05. The van der Waals surface area contributed by atoms with Crippen LogP contribution in [-0.2, 0) is 9.84 Å². The van der Waals surface area contributed by atoms with Crippen molar-refractivity contribution in [3.8, 4) is 0 Å². The summed E-state index contributed by atoms with van der Waals surface area (Å²) in [6, 6.07) is 3.99. The molecular weight excluding hydrogens is 324 g/mol. The Balaban J connectivity index is 2.49. The lowest BCUT2D eigenvalue weighted by Gasteiger charge is -2.13. The molecule has 4 nitrogen and oxygen atoms in total. The first kappa shape index (κ1) is 15.1. The quantitative estimate of drug-likeness (QED) is 0.589. The van der Waals surface area contributed by atoms with E-state index in [4.69, 9.17) is 5.84 Å². The Morgan fingerprint density at radius 2 is 2.24 bits per heavy atom. The minimum Gasteiger partial charge on any atom is -0.271 e. The molecule has 0 aromatic carbocycles. The van der Waals surface area contributed by atoms with Gasteiger partial charge in [-0.2, -0.15) is 0 Å². The summed E-state index contributed by atoms with van der Waals surface area (Å²) in [4.78, 5) is 1.12. The third-order valence-electron chi connectivity index (χ3n) is 2.53. The Hall–Kier alpha value is 0.0500. The molecule has 1 aromatic rings. The van der Waals surface area contributed by atoms with Crippen molar-refractivity contribution in [2.24, 2.45) is 5.84 Å². The van der Waals surface area contributed by atoms with E-state index in [1.807, 2.05) is 12.1 Å². The maximum absolute atomic E-state index is 11.4. The molecule has 1 aromatic heterocycles. The monoisotopic (exact) mass is 340 g/mol. The number of sulfone groups is 1. The average molecular weight is 341 g/mol. The summed E-state index contributed by atoms with van der Waals surface area (Å²) in [5.74, 6) is 5.93. The zero-order valence-corrected chi connectivity index (χ0v) is 12.9. The largest absolute Gasteiger partial charge is 0.271 e. The van der Waals surface area contributed by atoms with Crippen LogP contribution in [0.15, 0.2) is 15.9 Å². The molecule has 0 fully saturated rings. The van der Waals surface area contributed by atoms with Crippen molar-refractivity contribution in [3.63, 3.8) is 0 Å². The highest BCUT2D eigenvalue weighted by molar-refractivity contribution is 9.11. The van der Waals surface area contributed by atoms with Gasteiger partial charge in [-0.25, -0.2) is 8.42 Å². The van der Waals surface area contributed by atoms with Crippen LogP contribution in [0.1, 0.15) is 30.7 Å². The number of nitrogens with one attached hydrogen (secondary N) is 1. The molecule has 0 amide bonds. The topological polar surface area (TPSA) is 72.2 Å². The molecule has 1 atom stereocenters. The molecule has 0 spiro atoms. The first-order chi connectivity index (χ1) is 7.98. The van der Waals surface area contributed by atoms with E-state index in [1.165, 1.54) is 0 Å². The highest BCUT2D eigenvalue weighted by Crippen LogP contribution is 2.29. The fraction of sp³-hybridized carbons (Fsp3) is 0.600. The minimum absolute atomic E-state index is 0.0263. The number of rotatable bonds is 7. The SMILES string of the molecule is CCS(=O)(=O)CCCC(NN)c1ccc(Br)s1. The average Bonchev–Trinajstić information content (AvgIpc) is 2.71. The van der Waals surface area contributed by atoms with Crippen molar-refractivity contribution in [3.05, 3.63) is 20.8 Å². The van der Waals surface area contributed by atoms with Gasteiger partial charge in [0.15, 0.2) is 0 Å². The lowest BCUT2D eigenvalue weighted by atomic mass is 10.1. The number of hydrazine groups is 1. The van der Waals surface area contributed by atoms with Crippen LogP contribution in [0.4, 0.5) is 0 Å². The fourth-order valence-corrected chi connectivity index (χ4v) is 3.89. The van der Waals surface area contributed by atoms with Crippen LogP contribution in [-0.4, -0.2) is 19.9 Å². The molecular formula is C10H17BrN2O2S2. The Bertz CT molecular complexity index is 445. The van der Waals surface area contributed by atoms with E-state index in [9.17, 15) is 8.42 Å². The second-order valence-electron chi connectivity index (χ2n) is 3.74. The smallest absolute Gasteiger partial charge is 0.150 e. The van der Waals surface area contributed by atoms with Crippen molar-refractivity contribution in [2.75, 3.05) is 11.5 Å². The minimum atomic E-state index is -2.87. The van der Waals surface area contributed by atoms with Gasteiger partial charge in [-0.1, -0.05) is 6.92 Å². The first-order valence-electron chi connectivity index (χ1n) is 5.40. The van der Waals surface area contributed by atoms with Gasteiger partial charge in [-0.15, -0.1) is 11.3 Å². The van der Waals surface area contributed by atoms with E-state index >= 15 is 0 Å². The van der Waals surface area contributed by atoms with E-state index in [-0.39, 0.29) is 17.5 Å². The molecule has 0 bridgehead atoms. The van der Waals surface area contributed by atoms with Crippen molar-refractivity contribution >= 4 is 37.1 Å². The predicted octanol–water partition coefficient (Wildman–Crippen LogP) is 2.23. The summed E-state index contributed by atoms with van der Waals surface area (Å²) in [5, 5.41) is 0. The predicted molar refractivity (Wildman–Crippen MR) is 75.6 cm³/mol. The van der Waals surface area contributed by atoms with Gasteiger partial charge in [0, 0.05) is 10.6 Å². The molecule has 0 radical (unpaired) electrons. The van der Waals surface area contributed by atoms with E-state index < -0.39 is 9.84 Å². The van der Waals surface area contributed by atoms with Crippen LogP contribution >= 0.6 is 27.3 Å². The van der Waals surface area contributed by atoms with Crippen molar-refractivity contribution in [1.29, 1.82) is 0 Å². The van der Waals surface area contributed by atoms with Gasteiger partial charge < -0.3 is 0 Å². The van der Waals surface area contributed by atoms with Crippen LogP contribution in [0.2, 0.25) is 0 Å². The normalized spacial score (nSPS) is 13.8. The zero-order valence-electron chi connectivity index (χ0n) is 9.65. The summed E-state index contributed by atoms with van der Waals surface area (Å²) in [5.41, 5.74) is 2.73. The van der Waals surface area contributed by atoms with Crippen molar-refractivity contribution in [1.82, 2.24) is 5.43 Å². The summed E-state index contributed by atoms with van der Waals surface area (Å²) < 4.78 is 23.8. The molecule has 0 saturated carbocycles. The van der Waals surface area contributed by atoms with Crippen LogP contribution in [0.5, 0.6) is 0 Å². The molecule has 17 heavy (non-hydrogen) atoms. The Kier molecular flexibility index (Phi) is 6.08. The molecule has 7 heteroatoms. The summed E-state index contributed by atoms with van der Waals surface area (Å²) in [6.07, 6.45) is 1.35. The summed E-state index contributed by atoms with van der Waals surface area (Å²) in [7, 11) is -2.87. The molecule has 0 aliphatic rings. The fourth-order valence-electron chi connectivity index (χ4n) is 1.47. The molecule has 1 rings (SSSR count). The van der Waals surface area contributed by atoms with Gasteiger partial charge in [-0.3, -0.25) is 11.3 Å². The van der Waals surface area contributed by atoms with Crippen LogP contribution in [0.25, 0.3) is 0 Å². The molecule has 3 N–H and O–H groups in total. The van der Waals surface area contributed by atoms with Gasteiger partial charge in [-0.05, 0) is 40.9 Å². The van der Waals surface area contributed by atoms with Gasteiger partial charge in [0.2, 0.25) is 0 Å². The van der Waals surface area contributed by atoms with E-state index in [2.05, 4.69) is 21.4 Å². The zero-order chi connectivity index (χ0) is 12.9. The molecule has 0 saturated heterocycles. The number of nitrogens with two attached hydrogens (primary N) is 1. The second-order valence-corrected chi connectivity index (χ2v) is 8.71. The van der Waals surface area contributed by atoms with Crippen molar-refractivity contribution < 1.29 is 8.42 Å². The molecule has 0 aliphatic carbocycles. The molecule has 1 heterocycles. The third-order valence-corrected chi connectivity index (χ3v) is 6.05. The summed E-state index contributed by atoms with van der Waals surface area (Å²) in [6.45, 7) is 1.67. The highest BCUT2D eigenvalue weighted by atomic mass is 79.9. The maximum Gasteiger partial charge on any atom is 0.150 e. The number of halogens is 1. The lowest BCUT2D eigenvalue weighted by Crippen LogP contribution is -2.27. The van der Waals surface area contributed by atoms with Gasteiger partial charge in [0.1, 0.15) is 9.84 Å². The van der Waals surface area contributed by atoms with Crippen LogP contribution in [0.3, 0.4) is 0 Å². The van der Waals surface area contributed by atoms with Crippen LogP contribution < -0.4 is 11.3 Å². The van der Waals surface area contributed by atoms with Crippen LogP contribution in [0, 0.1) is 0 Å². The number of thiophene rings is 1. The highest BCUT2D eigenvalue weighted by Gasteiger charge is 2.14. The molecule has 0 aliphatic heterocycles. The Morgan fingerprint density at radius 1 is 1.53 bits per heavy atom. The number of hydrogen-bond donors (Lipinski definition) is 2. The Labute approximate surface area is 115 Å². The second kappa shape index (κ2) is 6.84. The summed E-state index contributed by atoms with van der Waals surface area (Å²) >= 11 is 5.00. The molecule has 98 valence electrons. The van der Waals surface area contributed by atoms with E-state index in [0.29, 0.717) is 6.42 Å². The molecule has 1 unspecified atom stereocenters. The van der Waals surface area contributed by atoms with E-state index in [1.54, 1.807) is 18.3 Å². The maximum atomic E-state index is 11.4. The van der Waals surface area contributed by atoms with Gasteiger partial charge in [0.05, 0.1) is 15.6 Å². The first-order valence-corrected chi connectivity index (χ1v) is 8.83. The Morgan fingerprint density at radius 3 is 2.71 bits per heavy atom. The van der Waals surface area contributed by atoms with Gasteiger partial charge in [0.25, 0.3) is 0 Å². The number of hydrogen-bond acceptors (Lipinski definition) is 5. The van der Waals surface area contributed by atoms with E-state index in [0.717, 1.165) is 15.1 Å². The van der Waals surface area contributed by atoms with Gasteiger partial charge >= 0.3 is 0 Å². The van der Waals surface area contributed by atoms with Crippen molar-refractivity contribution in [2.45, 2.75) is 25.8 Å².